The van der Waals surface area contributed by atoms with Gasteiger partial charge in [0.15, 0.2) is 5.78 Å². The maximum absolute atomic E-state index is 14.8. The molecule has 0 aliphatic carbocycles. The Kier molecular flexibility index (Phi) is 37.2. The number of amides is 8. The van der Waals surface area contributed by atoms with E-state index in [-0.39, 0.29) is 147 Å². The van der Waals surface area contributed by atoms with Crippen LogP contribution >= 0.6 is 35.3 Å². The van der Waals surface area contributed by atoms with Crippen molar-refractivity contribution in [2.24, 2.45) is 16.6 Å². The molecule has 3 aliphatic heterocycles. The number of carboxylic acid groups (broad SMARTS) is 4. The first kappa shape index (κ1) is 83.2. The Morgan fingerprint density at radius 3 is 1.61 bits per heavy atom. The third-order valence-corrected chi connectivity index (χ3v) is 20.4. The average molecular weight is 1450 g/mol. The number of thioether (sulfide) groups is 3. The third-order valence-electron chi connectivity index (χ3n) is 17.2. The molecule has 2 aromatic carbocycles. The van der Waals surface area contributed by atoms with Gasteiger partial charge in [-0.15, -0.1) is 0 Å². The van der Waals surface area contributed by atoms with Crippen LogP contribution in [0.25, 0.3) is 0 Å². The number of ketones is 1. The van der Waals surface area contributed by atoms with Crippen LogP contribution in [0.2, 0.25) is 0 Å². The lowest BCUT2D eigenvalue weighted by Gasteiger charge is -2.32. The van der Waals surface area contributed by atoms with E-state index in [2.05, 4.69) is 26.3 Å². The molecule has 100 heavy (non-hydrogen) atoms. The molecule has 29 nitrogen and oxygen atoms in total. The number of aliphatic imine (C=N–C) groups is 1. The fourth-order valence-corrected chi connectivity index (χ4v) is 14.5. The summed E-state index contributed by atoms with van der Waals surface area (Å²) < 4.78 is 0. The summed E-state index contributed by atoms with van der Waals surface area (Å²) in [5, 5.41) is 49.1. The van der Waals surface area contributed by atoms with Crippen molar-refractivity contribution in [3.05, 3.63) is 70.8 Å². The van der Waals surface area contributed by atoms with Gasteiger partial charge in [0, 0.05) is 126 Å². The van der Waals surface area contributed by atoms with Crippen molar-refractivity contribution in [2.45, 2.75) is 145 Å². The zero-order chi connectivity index (χ0) is 73.1. The van der Waals surface area contributed by atoms with Crippen LogP contribution in [0.3, 0.4) is 0 Å². The molecule has 3 saturated heterocycles. The molecular formula is C68H100N12O17S3. The van der Waals surface area contributed by atoms with Crippen molar-refractivity contribution in [2.75, 3.05) is 115 Å². The second-order valence-corrected chi connectivity index (χ2v) is 28.5. The van der Waals surface area contributed by atoms with Crippen molar-refractivity contribution in [1.29, 1.82) is 0 Å². The number of hydrogen-bond acceptors (Lipinski definition) is 20. The fraction of sp³-hybridized carbons (Fsp3) is 0.618. The number of primary amides is 1. The highest BCUT2D eigenvalue weighted by atomic mass is 32.2. The summed E-state index contributed by atoms with van der Waals surface area (Å²) >= 11 is 4.49. The van der Waals surface area contributed by atoms with Crippen LogP contribution < -0.4 is 27.0 Å². The Hall–Kier alpha value is -7.49. The number of likely N-dealkylation sites (tertiary alicyclic amines) is 2. The van der Waals surface area contributed by atoms with Gasteiger partial charge in [-0.05, 0) is 80.5 Å². The van der Waals surface area contributed by atoms with E-state index in [4.69, 9.17) is 5.73 Å². The van der Waals surface area contributed by atoms with Gasteiger partial charge in [0.25, 0.3) is 0 Å². The van der Waals surface area contributed by atoms with Crippen molar-refractivity contribution >= 4 is 118 Å². The van der Waals surface area contributed by atoms with Crippen LogP contribution in [0.4, 0.5) is 0 Å². The number of carbonyl (C=O) groups is 13. The normalized spacial score (nSPS) is 18.0. The number of aliphatic carboxylic acids is 4. The molecule has 32 heteroatoms. The van der Waals surface area contributed by atoms with Crippen molar-refractivity contribution < 1.29 is 82.8 Å². The number of rotatable bonds is 41. The van der Waals surface area contributed by atoms with Gasteiger partial charge in [0.1, 0.15) is 24.2 Å². The molecule has 2 aromatic rings. The molecule has 0 aromatic heterocycles. The molecule has 6 atom stereocenters. The Labute approximate surface area is 597 Å². The SMILES string of the molecule is CCCCC(=O)N=CC(CSCc1cc(CSCCNC(=O)CN2CCN(CC(=O)O)CCN(CC(=O)O)CCN(CC(=O)O)CC2)cc(CSCCC(=O)O)c1)C(=O)N1CCC[C@H]1C(=O)N1CCC[C@H]1C(=O)N[C@@H](CC)C(=O)N[C@@H](CCC(N)=O)C(=O)N[C@@H](Cc1ccccc1)C(C)=O. The molecule has 3 fully saturated rings. The van der Waals surface area contributed by atoms with E-state index >= 15 is 0 Å². The quantitative estimate of drug-likeness (QED) is 0.0338. The van der Waals surface area contributed by atoms with Crippen LogP contribution in [0.1, 0.15) is 114 Å². The number of benzene rings is 2. The summed E-state index contributed by atoms with van der Waals surface area (Å²) in [5.74, 6) is -7.07. The van der Waals surface area contributed by atoms with Gasteiger partial charge in [0.2, 0.25) is 47.3 Å². The Bertz CT molecular complexity index is 3100. The molecule has 8 amide bonds. The van der Waals surface area contributed by atoms with Gasteiger partial charge in [-0.3, -0.25) is 81.9 Å². The maximum atomic E-state index is 14.8. The second-order valence-electron chi connectivity index (χ2n) is 25.2. The predicted octanol–water partition coefficient (Wildman–Crippen LogP) is 1.80. The predicted molar refractivity (Wildman–Crippen MR) is 380 cm³/mol. The van der Waals surface area contributed by atoms with Crippen molar-refractivity contribution in [1.82, 2.24) is 50.7 Å². The first-order valence-electron chi connectivity index (χ1n) is 34.1. The fourth-order valence-electron chi connectivity index (χ4n) is 11.8. The number of carboxylic acids is 4. The molecule has 0 bridgehead atoms. The van der Waals surface area contributed by atoms with E-state index in [0.29, 0.717) is 74.1 Å². The van der Waals surface area contributed by atoms with E-state index in [9.17, 15) is 82.8 Å². The van der Waals surface area contributed by atoms with Crippen LogP contribution in [-0.4, -0.2) is 279 Å². The van der Waals surface area contributed by atoms with Crippen LogP contribution in [0, 0.1) is 5.92 Å². The Morgan fingerprint density at radius 2 is 1.09 bits per heavy atom. The van der Waals surface area contributed by atoms with Crippen molar-refractivity contribution in [3.63, 3.8) is 0 Å². The van der Waals surface area contributed by atoms with Crippen molar-refractivity contribution in [3.8, 4) is 0 Å². The number of nitrogens with one attached hydrogen (secondary N) is 4. The highest BCUT2D eigenvalue weighted by Crippen LogP contribution is 2.29. The minimum Gasteiger partial charge on any atom is -0.481 e. The number of unbranched alkanes of at least 4 members (excludes halogenated alkanes) is 1. The average Bonchev–Trinajstić information content (AvgIpc) is 1.63. The molecule has 552 valence electrons. The Morgan fingerprint density at radius 1 is 0.580 bits per heavy atom. The highest BCUT2D eigenvalue weighted by Gasteiger charge is 2.44. The summed E-state index contributed by atoms with van der Waals surface area (Å²) in [6.07, 6.45) is 4.20. The molecule has 0 radical (unpaired) electrons. The monoisotopic (exact) mass is 1450 g/mol. The number of carbonyl (C=O) groups excluding carboxylic acids is 9. The van der Waals surface area contributed by atoms with E-state index in [1.807, 2.05) is 36.1 Å². The van der Waals surface area contributed by atoms with Gasteiger partial charge in [-0.2, -0.15) is 35.3 Å². The van der Waals surface area contributed by atoms with Gasteiger partial charge < -0.3 is 57.2 Å². The first-order chi connectivity index (χ1) is 47.8. The zero-order valence-electron chi connectivity index (χ0n) is 57.5. The lowest BCUT2D eigenvalue weighted by Crippen LogP contribution is -2.58. The topological polar surface area (TPSA) is 409 Å². The van der Waals surface area contributed by atoms with Gasteiger partial charge in [-0.25, -0.2) is 4.99 Å². The van der Waals surface area contributed by atoms with E-state index < -0.39 is 95.4 Å². The molecule has 10 N–H and O–H groups in total. The molecule has 3 aliphatic rings. The molecule has 0 spiro atoms. The summed E-state index contributed by atoms with van der Waals surface area (Å²) in [6.45, 7) is 6.87. The zero-order valence-corrected chi connectivity index (χ0v) is 60.0. The summed E-state index contributed by atoms with van der Waals surface area (Å²) in [5.41, 5.74) is 9.05. The van der Waals surface area contributed by atoms with Crippen LogP contribution in [-0.2, 0) is 86.0 Å². The molecule has 5 rings (SSSR count). The van der Waals surface area contributed by atoms with Gasteiger partial charge >= 0.3 is 23.9 Å². The molecule has 3 heterocycles. The number of Topliss-reactive ketones (excluding diaryl/α,β-unsaturated/α-hetero) is 1. The largest absolute Gasteiger partial charge is 0.481 e. The van der Waals surface area contributed by atoms with Gasteiger partial charge in [-0.1, -0.05) is 68.8 Å². The standard InChI is InChI=1S/C68H100N12O17S3/c1-4-6-16-58(83)71-37-51(67(96)80-22-11-15-56(80)68(97)79-21-10-14-55(79)66(95)72-52(5-2)64(93)73-53(17-18-57(69)82)65(94)74-54(46(3)81)36-47-12-8-7-9-13-47)45-100-44-50-34-48(42-98-31-19-60(85)86)33-49(35-50)43-99-32-20-70-59(84)38-75-23-25-76(39-61(87)88)27-29-78(41-63(91)92)30-28-77(26-24-75)40-62(89)90/h7-9,12-13,33-35,37,51-56H,4-6,10-11,14-32,36,38-45H2,1-3H3,(H2,69,82)(H,70,84)(H,72,95)(H,73,93)(H,74,94)(H,85,86)(H,87,88)(H,89,90)(H,91,92)/t51?,52-,53-,54-,55-,56-/m0/s1. The lowest BCUT2D eigenvalue weighted by atomic mass is 10.0. The van der Waals surface area contributed by atoms with Crippen LogP contribution in [0.15, 0.2) is 53.5 Å². The smallest absolute Gasteiger partial charge is 0.317 e. The second kappa shape index (κ2) is 44.7. The maximum Gasteiger partial charge on any atom is 0.317 e. The summed E-state index contributed by atoms with van der Waals surface area (Å²) in [6, 6.07) is 9.77. The first-order valence-corrected chi connectivity index (χ1v) is 37.6. The van der Waals surface area contributed by atoms with E-state index in [0.717, 1.165) is 28.7 Å². The third kappa shape index (κ3) is 30.8. The molecule has 0 saturated carbocycles. The van der Waals surface area contributed by atoms with Gasteiger partial charge in [0.05, 0.1) is 44.6 Å². The van der Waals surface area contributed by atoms with E-state index in [1.165, 1.54) is 46.5 Å². The molecular weight excluding hydrogens is 1350 g/mol. The number of nitrogens with zero attached hydrogens (tertiary/aromatic N) is 7. The minimum absolute atomic E-state index is 0.0158. The summed E-state index contributed by atoms with van der Waals surface area (Å²) in [4.78, 5) is 183. The lowest BCUT2D eigenvalue weighted by molar-refractivity contribution is -0.147. The van der Waals surface area contributed by atoms with E-state index in [1.54, 1.807) is 57.7 Å². The van der Waals surface area contributed by atoms with Crippen LogP contribution in [0.5, 0.6) is 0 Å². The summed E-state index contributed by atoms with van der Waals surface area (Å²) in [7, 11) is 0. The number of hydrogen-bond donors (Lipinski definition) is 9. The Balaban J connectivity index is 1.23. The molecule has 1 unspecified atom stereocenters. The minimum atomic E-state index is -1.30. The number of nitrogens with two attached hydrogens (primary N) is 1. The highest BCUT2D eigenvalue weighted by molar-refractivity contribution is 7.99.